The van der Waals surface area contributed by atoms with Gasteiger partial charge in [-0.15, -0.1) is 0 Å². The number of allylic oxidation sites excluding steroid dienone is 1. The Labute approximate surface area is 274 Å². The molecule has 4 aliphatic carbocycles. The van der Waals surface area contributed by atoms with E-state index in [0.717, 1.165) is 31.3 Å². The number of rotatable bonds is 8. The summed E-state index contributed by atoms with van der Waals surface area (Å²) in [6, 6.07) is 0. The Hall–Kier alpha value is -0.660. The Kier molecular flexibility index (Phi) is 10.0. The third-order valence-corrected chi connectivity index (χ3v) is 14.9. The van der Waals surface area contributed by atoms with Crippen molar-refractivity contribution in [2.45, 2.75) is 154 Å². The van der Waals surface area contributed by atoms with E-state index in [1.165, 1.54) is 0 Å². The van der Waals surface area contributed by atoms with E-state index < -0.39 is 66.6 Å². The van der Waals surface area contributed by atoms with E-state index in [1.807, 2.05) is 19.9 Å². The number of ether oxygens (including phenoxy) is 2. The van der Waals surface area contributed by atoms with Crippen molar-refractivity contribution in [1.29, 1.82) is 0 Å². The first kappa shape index (κ1) is 36.6. The lowest BCUT2D eigenvalue weighted by Crippen LogP contribution is -2.70. The minimum absolute atomic E-state index is 0.0447. The van der Waals surface area contributed by atoms with Gasteiger partial charge in [0.15, 0.2) is 6.29 Å². The summed E-state index contributed by atoms with van der Waals surface area (Å²) in [4.78, 5) is 0. The molecule has 0 aromatic heterocycles. The number of aliphatic hydroxyl groups is 8. The van der Waals surface area contributed by atoms with Crippen molar-refractivity contribution in [3.63, 3.8) is 0 Å². The van der Waals surface area contributed by atoms with Gasteiger partial charge in [0.1, 0.15) is 24.4 Å². The Morgan fingerprint density at radius 3 is 2.13 bits per heavy atom. The molecule has 11 unspecified atom stereocenters. The molecule has 0 bridgehead atoms. The monoisotopic (exact) mass is 654 g/mol. The molecule has 5 aliphatic rings. The summed E-state index contributed by atoms with van der Waals surface area (Å²) < 4.78 is 12.5. The normalized spacial score (nSPS) is 51.9. The first-order chi connectivity index (χ1) is 21.3. The van der Waals surface area contributed by atoms with Crippen LogP contribution in [0.2, 0.25) is 0 Å². The standard InChI is InChI=1S/C36H62O10/c1-19(17-37)9-8-12-35(6,46-31-30(44)29(43)28(42)22(18-38)45-31)20-10-13-34(5)27(20)21(39)15-24-33(34,4)14-11-23-32(2,3)25(40)16-26(41)36(23,24)7/h9,20-31,37-44H,8,10-18H2,1-7H3/b19-9+/t20?,21?,22-,23?,24?,25?,26?,27?,28-,29+,30-,31+,33?,34?,35?,36?/m1/s1. The molecular weight excluding hydrogens is 592 g/mol. The maximum Gasteiger partial charge on any atom is 0.187 e. The fourth-order valence-electron chi connectivity index (χ4n) is 11.8. The molecule has 16 atom stereocenters. The second-order valence-electron chi connectivity index (χ2n) is 17.3. The third kappa shape index (κ3) is 5.37. The molecule has 0 aromatic rings. The topological polar surface area (TPSA) is 180 Å². The van der Waals surface area contributed by atoms with E-state index in [-0.39, 0.29) is 46.5 Å². The predicted molar refractivity (Wildman–Crippen MR) is 171 cm³/mol. The highest BCUT2D eigenvalue weighted by molar-refractivity contribution is 5.21. The zero-order valence-electron chi connectivity index (χ0n) is 29.0. The van der Waals surface area contributed by atoms with E-state index in [1.54, 1.807) is 0 Å². The Morgan fingerprint density at radius 1 is 0.848 bits per heavy atom. The second-order valence-corrected chi connectivity index (χ2v) is 17.3. The summed E-state index contributed by atoms with van der Waals surface area (Å²) in [5.41, 5.74) is -1.44. The first-order valence-corrected chi connectivity index (χ1v) is 17.6. The Bertz CT molecular complexity index is 1130. The predicted octanol–water partition coefficient (Wildman–Crippen LogP) is 2.27. The van der Waals surface area contributed by atoms with E-state index in [2.05, 4.69) is 34.6 Å². The number of hydrogen-bond acceptors (Lipinski definition) is 10. The van der Waals surface area contributed by atoms with Gasteiger partial charge in [-0.25, -0.2) is 0 Å². The minimum Gasteiger partial charge on any atom is -0.394 e. The highest BCUT2D eigenvalue weighted by atomic mass is 16.7. The minimum atomic E-state index is -1.56. The van der Waals surface area contributed by atoms with E-state index >= 15 is 0 Å². The molecule has 266 valence electrons. The van der Waals surface area contributed by atoms with Crippen LogP contribution in [0.25, 0.3) is 0 Å². The first-order valence-electron chi connectivity index (χ1n) is 17.6. The van der Waals surface area contributed by atoms with Crippen LogP contribution in [0.5, 0.6) is 0 Å². The second kappa shape index (κ2) is 12.6. The Morgan fingerprint density at radius 2 is 1.50 bits per heavy atom. The summed E-state index contributed by atoms with van der Waals surface area (Å²) in [6.07, 6.45) is -1.64. The molecule has 1 heterocycles. The van der Waals surface area contributed by atoms with Gasteiger partial charge in [0.05, 0.1) is 37.1 Å². The molecule has 0 spiro atoms. The lowest BCUT2D eigenvalue weighted by molar-refractivity contribution is -0.336. The van der Waals surface area contributed by atoms with Gasteiger partial charge in [-0.3, -0.25) is 0 Å². The maximum absolute atomic E-state index is 12.3. The summed E-state index contributed by atoms with van der Waals surface area (Å²) in [5, 5.41) is 86.3. The van der Waals surface area contributed by atoms with Crippen LogP contribution in [-0.4, -0.2) is 109 Å². The number of fused-ring (bicyclic) bond motifs is 5. The van der Waals surface area contributed by atoms with Crippen LogP contribution in [0.1, 0.15) is 99.8 Å². The fraction of sp³-hybridized carbons (Fsp3) is 0.944. The van der Waals surface area contributed by atoms with Crippen LogP contribution in [0.4, 0.5) is 0 Å². The van der Waals surface area contributed by atoms with Gasteiger partial charge in [0.2, 0.25) is 0 Å². The molecule has 1 saturated heterocycles. The van der Waals surface area contributed by atoms with Gasteiger partial charge in [-0.1, -0.05) is 46.3 Å². The molecule has 10 nitrogen and oxygen atoms in total. The zero-order valence-corrected chi connectivity index (χ0v) is 29.0. The lowest BCUT2D eigenvalue weighted by atomic mass is 9.34. The maximum atomic E-state index is 12.3. The van der Waals surface area contributed by atoms with E-state index in [9.17, 15) is 40.9 Å². The third-order valence-electron chi connectivity index (χ3n) is 14.9. The summed E-state index contributed by atoms with van der Waals surface area (Å²) in [6.45, 7) is 14.3. The van der Waals surface area contributed by atoms with Gasteiger partial charge < -0.3 is 50.3 Å². The lowest BCUT2D eigenvalue weighted by Gasteiger charge is -2.71. The average Bonchev–Trinajstić information content (AvgIpc) is 3.38. The number of aliphatic hydroxyl groups excluding tert-OH is 8. The van der Waals surface area contributed by atoms with E-state index in [0.29, 0.717) is 25.7 Å². The smallest absolute Gasteiger partial charge is 0.187 e. The molecule has 0 radical (unpaired) electrons. The van der Waals surface area contributed by atoms with Crippen LogP contribution in [0.15, 0.2) is 11.6 Å². The quantitative estimate of drug-likeness (QED) is 0.181. The van der Waals surface area contributed by atoms with Gasteiger partial charge >= 0.3 is 0 Å². The Balaban J connectivity index is 1.50. The van der Waals surface area contributed by atoms with Gasteiger partial charge in [-0.05, 0) is 98.7 Å². The molecular formula is C36H62O10. The van der Waals surface area contributed by atoms with Crippen molar-refractivity contribution in [3.05, 3.63) is 11.6 Å². The van der Waals surface area contributed by atoms with Crippen molar-refractivity contribution >= 4 is 0 Å². The number of hydrogen-bond donors (Lipinski definition) is 8. The van der Waals surface area contributed by atoms with Crippen molar-refractivity contribution in [3.8, 4) is 0 Å². The van der Waals surface area contributed by atoms with Crippen molar-refractivity contribution in [2.24, 2.45) is 45.3 Å². The fourth-order valence-corrected chi connectivity index (χ4v) is 11.8. The van der Waals surface area contributed by atoms with Crippen molar-refractivity contribution in [1.82, 2.24) is 0 Å². The van der Waals surface area contributed by atoms with Crippen LogP contribution in [-0.2, 0) is 9.47 Å². The van der Waals surface area contributed by atoms with Crippen LogP contribution >= 0.6 is 0 Å². The summed E-state index contributed by atoms with van der Waals surface area (Å²) >= 11 is 0. The molecule has 46 heavy (non-hydrogen) atoms. The largest absolute Gasteiger partial charge is 0.394 e. The molecule has 4 saturated carbocycles. The molecule has 8 N–H and O–H groups in total. The van der Waals surface area contributed by atoms with E-state index in [4.69, 9.17) is 9.47 Å². The zero-order chi connectivity index (χ0) is 34.2. The van der Waals surface area contributed by atoms with Crippen LogP contribution < -0.4 is 0 Å². The molecule has 1 aliphatic heterocycles. The molecule has 0 amide bonds. The van der Waals surface area contributed by atoms with Crippen molar-refractivity contribution < 1.29 is 50.3 Å². The summed E-state index contributed by atoms with van der Waals surface area (Å²) in [7, 11) is 0. The van der Waals surface area contributed by atoms with Gasteiger partial charge in [-0.2, -0.15) is 0 Å². The average molecular weight is 655 g/mol. The molecule has 5 fully saturated rings. The molecule has 0 aromatic carbocycles. The molecule has 10 heteroatoms. The van der Waals surface area contributed by atoms with Gasteiger partial charge in [0, 0.05) is 11.8 Å². The highest BCUT2D eigenvalue weighted by Crippen LogP contribution is 2.76. The SMILES string of the molecule is C/C(=C\CCC(C)(O[C@@H]1O[C@H](CO)[C@@H](O)[C@H](O)[C@H]1O)C1CCC2(C)C1C(O)CC1C3(C)C(O)CC(O)C(C)(C)C3CCC12C)CO. The highest BCUT2D eigenvalue weighted by Gasteiger charge is 2.73. The van der Waals surface area contributed by atoms with Crippen molar-refractivity contribution in [2.75, 3.05) is 13.2 Å². The van der Waals surface area contributed by atoms with Crippen LogP contribution in [0.3, 0.4) is 0 Å². The van der Waals surface area contributed by atoms with Gasteiger partial charge in [0.25, 0.3) is 0 Å². The molecule has 5 rings (SSSR count). The van der Waals surface area contributed by atoms with Crippen LogP contribution in [0, 0.1) is 45.3 Å². The summed E-state index contributed by atoms with van der Waals surface area (Å²) in [5.74, 6) is -0.155.